The van der Waals surface area contributed by atoms with Gasteiger partial charge in [0.2, 0.25) is 0 Å². The molecule has 7 heteroatoms. The molecule has 5 aromatic rings. The van der Waals surface area contributed by atoms with Gasteiger partial charge in [0.1, 0.15) is 5.82 Å². The number of hydrogen-bond donors (Lipinski definition) is 1. The Balaban J connectivity index is 1.90. The molecule has 2 N–H and O–H groups in total. The molecule has 0 fully saturated rings. The minimum Gasteiger partial charge on any atom is -0.381 e. The smallest absolute Gasteiger partial charge is 0.180 e. The molecule has 132 valence electrons. The summed E-state index contributed by atoms with van der Waals surface area (Å²) in [5.41, 5.74) is 13.7. The fourth-order valence-corrected chi connectivity index (χ4v) is 4.19. The Kier molecular flexibility index (Phi) is 3.45. The SMILES string of the molecule is Cc1cc(-c2c(-c3cccc(F)c3)nc(N)c3nccn23)cc2scnc12. The van der Waals surface area contributed by atoms with Crippen molar-refractivity contribution in [3.63, 3.8) is 0 Å². The molecule has 0 saturated heterocycles. The van der Waals surface area contributed by atoms with Crippen LogP contribution in [-0.2, 0) is 0 Å². The fourth-order valence-electron chi connectivity index (χ4n) is 3.40. The van der Waals surface area contributed by atoms with Crippen LogP contribution in [0.15, 0.2) is 54.3 Å². The molecule has 0 spiro atoms. The predicted octanol–water partition coefficient (Wildman–Crippen LogP) is 4.70. The van der Waals surface area contributed by atoms with E-state index in [-0.39, 0.29) is 5.82 Å². The minimum atomic E-state index is -0.321. The van der Waals surface area contributed by atoms with Crippen LogP contribution >= 0.6 is 11.3 Å². The average Bonchev–Trinajstić information content (AvgIpc) is 3.31. The summed E-state index contributed by atoms with van der Waals surface area (Å²) in [5, 5.41) is 0. The second kappa shape index (κ2) is 5.85. The van der Waals surface area contributed by atoms with Crippen molar-refractivity contribution in [1.82, 2.24) is 19.4 Å². The molecule has 5 nitrogen and oxygen atoms in total. The van der Waals surface area contributed by atoms with E-state index >= 15 is 0 Å². The average molecular weight is 375 g/mol. The van der Waals surface area contributed by atoms with Gasteiger partial charge in [0.05, 0.1) is 27.1 Å². The summed E-state index contributed by atoms with van der Waals surface area (Å²) < 4.78 is 16.9. The van der Waals surface area contributed by atoms with Crippen LogP contribution in [0.5, 0.6) is 0 Å². The van der Waals surface area contributed by atoms with Crippen molar-refractivity contribution in [2.45, 2.75) is 6.92 Å². The summed E-state index contributed by atoms with van der Waals surface area (Å²) in [6, 6.07) is 10.5. The lowest BCUT2D eigenvalue weighted by molar-refractivity contribution is 0.628. The quantitative estimate of drug-likeness (QED) is 0.485. The Morgan fingerprint density at radius 3 is 2.85 bits per heavy atom. The number of imidazole rings is 1. The van der Waals surface area contributed by atoms with Gasteiger partial charge in [0.15, 0.2) is 11.5 Å². The number of nitrogen functional groups attached to an aromatic ring is 1. The van der Waals surface area contributed by atoms with Gasteiger partial charge in [-0.1, -0.05) is 12.1 Å². The van der Waals surface area contributed by atoms with E-state index in [4.69, 9.17) is 5.73 Å². The zero-order valence-electron chi connectivity index (χ0n) is 14.3. The highest BCUT2D eigenvalue weighted by molar-refractivity contribution is 7.16. The number of halogens is 1. The molecular formula is C20H14FN5S. The normalized spacial score (nSPS) is 11.5. The molecule has 5 rings (SSSR count). The van der Waals surface area contributed by atoms with E-state index in [1.54, 1.807) is 23.6 Å². The monoisotopic (exact) mass is 375 g/mol. The van der Waals surface area contributed by atoms with Gasteiger partial charge in [-0.3, -0.25) is 4.40 Å². The van der Waals surface area contributed by atoms with Crippen LogP contribution in [0, 0.1) is 12.7 Å². The largest absolute Gasteiger partial charge is 0.381 e. The molecule has 0 aliphatic carbocycles. The maximum Gasteiger partial charge on any atom is 0.180 e. The zero-order valence-corrected chi connectivity index (χ0v) is 15.2. The van der Waals surface area contributed by atoms with Crippen LogP contribution in [0.3, 0.4) is 0 Å². The van der Waals surface area contributed by atoms with Crippen LogP contribution in [0.2, 0.25) is 0 Å². The van der Waals surface area contributed by atoms with E-state index in [0.29, 0.717) is 22.7 Å². The number of benzene rings is 2. The van der Waals surface area contributed by atoms with Crippen LogP contribution in [0.25, 0.3) is 38.4 Å². The molecule has 0 unspecified atom stereocenters. The number of nitrogens with zero attached hydrogens (tertiary/aromatic N) is 4. The first kappa shape index (κ1) is 15.9. The van der Waals surface area contributed by atoms with Gasteiger partial charge >= 0.3 is 0 Å². The number of fused-ring (bicyclic) bond motifs is 2. The predicted molar refractivity (Wildman–Crippen MR) is 106 cm³/mol. The first-order valence-electron chi connectivity index (χ1n) is 8.34. The van der Waals surface area contributed by atoms with Gasteiger partial charge in [0, 0.05) is 23.5 Å². The fraction of sp³-hybridized carbons (Fsp3) is 0.0500. The number of anilines is 1. The molecule has 3 heterocycles. The highest BCUT2D eigenvalue weighted by atomic mass is 32.1. The number of thiazole rings is 1. The molecule has 3 aromatic heterocycles. The third kappa shape index (κ3) is 2.47. The van der Waals surface area contributed by atoms with Crippen molar-refractivity contribution in [1.29, 1.82) is 0 Å². The van der Waals surface area contributed by atoms with Crippen molar-refractivity contribution in [3.8, 4) is 22.5 Å². The molecule has 0 amide bonds. The lowest BCUT2D eigenvalue weighted by atomic mass is 10.0. The van der Waals surface area contributed by atoms with E-state index < -0.39 is 0 Å². The van der Waals surface area contributed by atoms with Gasteiger partial charge in [0.25, 0.3) is 0 Å². The summed E-state index contributed by atoms with van der Waals surface area (Å²) in [6.07, 6.45) is 3.53. The van der Waals surface area contributed by atoms with Crippen LogP contribution < -0.4 is 5.73 Å². The van der Waals surface area contributed by atoms with E-state index in [1.165, 1.54) is 12.1 Å². The molecule has 0 saturated carbocycles. The molecule has 0 radical (unpaired) electrons. The molecule has 0 aliphatic rings. The van der Waals surface area contributed by atoms with Gasteiger partial charge in [-0.05, 0) is 36.8 Å². The van der Waals surface area contributed by atoms with Gasteiger partial charge < -0.3 is 5.73 Å². The number of rotatable bonds is 2. The van der Waals surface area contributed by atoms with Crippen molar-refractivity contribution in [2.24, 2.45) is 0 Å². The molecule has 27 heavy (non-hydrogen) atoms. The molecule has 0 bridgehead atoms. The summed E-state index contributed by atoms with van der Waals surface area (Å²) in [4.78, 5) is 13.3. The van der Waals surface area contributed by atoms with Crippen molar-refractivity contribution in [3.05, 3.63) is 65.7 Å². The Morgan fingerprint density at radius 1 is 1.11 bits per heavy atom. The van der Waals surface area contributed by atoms with Crippen LogP contribution in [-0.4, -0.2) is 19.4 Å². The number of hydrogen-bond acceptors (Lipinski definition) is 5. The Hall–Kier alpha value is -3.32. The third-order valence-electron chi connectivity index (χ3n) is 4.57. The first-order valence-corrected chi connectivity index (χ1v) is 9.22. The van der Waals surface area contributed by atoms with Gasteiger partial charge in [-0.15, -0.1) is 11.3 Å². The third-order valence-corrected chi connectivity index (χ3v) is 5.34. The lowest BCUT2D eigenvalue weighted by Gasteiger charge is -2.14. The van der Waals surface area contributed by atoms with E-state index in [1.807, 2.05) is 29.1 Å². The van der Waals surface area contributed by atoms with Crippen molar-refractivity contribution < 1.29 is 4.39 Å². The second-order valence-electron chi connectivity index (χ2n) is 6.32. The second-order valence-corrected chi connectivity index (χ2v) is 7.20. The van der Waals surface area contributed by atoms with Crippen molar-refractivity contribution >= 4 is 33.0 Å². The highest BCUT2D eigenvalue weighted by Gasteiger charge is 2.18. The number of aryl methyl sites for hydroxylation is 1. The molecule has 2 aromatic carbocycles. The lowest BCUT2D eigenvalue weighted by Crippen LogP contribution is -2.04. The Labute approximate surface area is 158 Å². The summed E-state index contributed by atoms with van der Waals surface area (Å²) in [5.74, 6) is -0.0164. The molecular weight excluding hydrogens is 361 g/mol. The van der Waals surface area contributed by atoms with Crippen LogP contribution in [0.4, 0.5) is 10.2 Å². The zero-order chi connectivity index (χ0) is 18.5. The first-order chi connectivity index (χ1) is 13.1. The summed E-state index contributed by atoms with van der Waals surface area (Å²) in [7, 11) is 0. The number of aromatic nitrogens is 4. The van der Waals surface area contributed by atoms with E-state index in [9.17, 15) is 4.39 Å². The van der Waals surface area contributed by atoms with Crippen molar-refractivity contribution in [2.75, 3.05) is 5.73 Å². The summed E-state index contributed by atoms with van der Waals surface area (Å²) in [6.45, 7) is 2.03. The maximum absolute atomic E-state index is 13.9. The van der Waals surface area contributed by atoms with Gasteiger partial charge in [-0.2, -0.15) is 0 Å². The van der Waals surface area contributed by atoms with E-state index in [2.05, 4.69) is 27.1 Å². The number of nitrogens with two attached hydrogens (primary N) is 1. The summed E-state index contributed by atoms with van der Waals surface area (Å²) >= 11 is 1.58. The Morgan fingerprint density at radius 2 is 2.00 bits per heavy atom. The molecule has 0 aliphatic heterocycles. The highest BCUT2D eigenvalue weighted by Crippen LogP contribution is 2.36. The minimum absolute atomic E-state index is 0.304. The van der Waals surface area contributed by atoms with Crippen LogP contribution in [0.1, 0.15) is 5.56 Å². The van der Waals surface area contributed by atoms with Gasteiger partial charge in [-0.25, -0.2) is 19.3 Å². The molecule has 0 atom stereocenters. The maximum atomic E-state index is 13.9. The van der Waals surface area contributed by atoms with E-state index in [0.717, 1.165) is 27.0 Å². The standard InChI is InChI=1S/C20H14FN5S/c1-11-7-13(9-15-16(11)24-10-27-15)18-17(12-3-2-4-14(21)8-12)25-19(22)20-23-5-6-26(18)20/h2-10H,1H3,(H2,22,25). The topological polar surface area (TPSA) is 69.1 Å². The Bertz CT molecular complexity index is 1320.